The second kappa shape index (κ2) is 7.10. The number of rotatable bonds is 6. The highest BCUT2D eigenvalue weighted by Crippen LogP contribution is 2.36. The van der Waals surface area contributed by atoms with Crippen LogP contribution < -0.4 is 10.0 Å². The maximum atomic E-state index is 11.3. The van der Waals surface area contributed by atoms with Gasteiger partial charge in [0.25, 0.3) is 0 Å². The molecule has 1 aromatic heterocycles. The average Bonchev–Trinajstić information content (AvgIpc) is 2.88. The number of hydrogen-bond acceptors (Lipinski definition) is 2. The molecule has 1 aromatic carbocycles. The lowest BCUT2D eigenvalue weighted by Crippen LogP contribution is -2.41. The number of thiophene rings is 1. The molecule has 106 valence electrons. The SMILES string of the molecule is CCCCN(C(=O)[O-])c1ccc[s+]1Cc1ccccc1. The van der Waals surface area contributed by atoms with Gasteiger partial charge >= 0.3 is 0 Å². The van der Waals surface area contributed by atoms with Gasteiger partial charge in [0, 0.05) is 28.6 Å². The molecule has 0 N–H and O–H groups in total. The Kier molecular flexibility index (Phi) is 5.18. The maximum Gasteiger partial charge on any atom is 0.248 e. The largest absolute Gasteiger partial charge is 0.529 e. The number of nitrogens with zero attached hydrogens (tertiary/aromatic N) is 1. The smallest absolute Gasteiger partial charge is 0.248 e. The zero-order valence-corrected chi connectivity index (χ0v) is 12.4. The molecule has 0 aliphatic carbocycles. The van der Waals surface area contributed by atoms with Gasteiger partial charge in [0.05, 0.1) is 0 Å². The summed E-state index contributed by atoms with van der Waals surface area (Å²) in [6.45, 7) is 2.57. The number of carboxylic acid groups (broad SMARTS) is 1. The predicted octanol–water partition coefficient (Wildman–Crippen LogP) is 3.43. The Bertz CT molecular complexity index is 551. The summed E-state index contributed by atoms with van der Waals surface area (Å²) >= 11 is 0. The van der Waals surface area contributed by atoms with Crippen molar-refractivity contribution < 1.29 is 9.90 Å². The van der Waals surface area contributed by atoms with Crippen LogP contribution in [0.4, 0.5) is 9.80 Å². The lowest BCUT2D eigenvalue weighted by Gasteiger charge is -2.20. The van der Waals surface area contributed by atoms with Crippen molar-refractivity contribution in [2.45, 2.75) is 25.5 Å². The molecule has 2 aromatic rings. The van der Waals surface area contributed by atoms with Gasteiger partial charge in [-0.2, -0.15) is 0 Å². The second-order valence-corrected chi connectivity index (χ2v) is 6.50. The molecule has 0 radical (unpaired) electrons. The summed E-state index contributed by atoms with van der Waals surface area (Å²) in [4.78, 5) is 12.7. The molecular weight excluding hydrogens is 270 g/mol. The minimum absolute atomic E-state index is 0.185. The van der Waals surface area contributed by atoms with Crippen molar-refractivity contribution in [1.29, 1.82) is 0 Å². The first-order valence-electron chi connectivity index (χ1n) is 6.83. The fourth-order valence-electron chi connectivity index (χ4n) is 2.09. The van der Waals surface area contributed by atoms with E-state index in [0.29, 0.717) is 6.54 Å². The maximum absolute atomic E-state index is 11.3. The Labute approximate surface area is 122 Å². The van der Waals surface area contributed by atoms with Crippen LogP contribution in [0.5, 0.6) is 0 Å². The molecule has 0 aliphatic rings. The van der Waals surface area contributed by atoms with Crippen molar-refractivity contribution >= 4 is 21.6 Å². The predicted molar refractivity (Wildman–Crippen MR) is 82.1 cm³/mol. The highest BCUT2D eigenvalue weighted by Gasteiger charge is 2.20. The van der Waals surface area contributed by atoms with Gasteiger partial charge in [0.2, 0.25) is 5.00 Å². The van der Waals surface area contributed by atoms with Crippen LogP contribution in [0.3, 0.4) is 0 Å². The number of carbonyl (C=O) groups excluding carboxylic acids is 1. The lowest BCUT2D eigenvalue weighted by molar-refractivity contribution is -0.246. The van der Waals surface area contributed by atoms with Crippen LogP contribution in [0.15, 0.2) is 47.8 Å². The van der Waals surface area contributed by atoms with E-state index < -0.39 is 6.09 Å². The molecule has 3 nitrogen and oxygen atoms in total. The molecule has 0 bridgehead atoms. The molecule has 20 heavy (non-hydrogen) atoms. The van der Waals surface area contributed by atoms with Gasteiger partial charge in [0.15, 0.2) is 5.75 Å². The van der Waals surface area contributed by atoms with Crippen molar-refractivity contribution in [3.05, 3.63) is 53.4 Å². The summed E-state index contributed by atoms with van der Waals surface area (Å²) in [7, 11) is -0.185. The molecule has 0 saturated carbocycles. The molecule has 0 aliphatic heterocycles. The van der Waals surface area contributed by atoms with E-state index in [0.717, 1.165) is 23.6 Å². The van der Waals surface area contributed by atoms with E-state index in [1.54, 1.807) is 0 Å². The zero-order valence-electron chi connectivity index (χ0n) is 11.6. The third-order valence-electron chi connectivity index (χ3n) is 3.14. The summed E-state index contributed by atoms with van der Waals surface area (Å²) in [6, 6.07) is 14.0. The van der Waals surface area contributed by atoms with Gasteiger partial charge in [-0.3, -0.25) is 4.90 Å². The first-order chi connectivity index (χ1) is 9.72. The Morgan fingerprint density at radius 3 is 2.60 bits per heavy atom. The average molecular weight is 289 g/mol. The first-order valence-corrected chi connectivity index (χ1v) is 8.28. The zero-order chi connectivity index (χ0) is 14.4. The van der Waals surface area contributed by atoms with Crippen molar-refractivity contribution in [1.82, 2.24) is 0 Å². The fraction of sp³-hybridized carbons (Fsp3) is 0.312. The summed E-state index contributed by atoms with van der Waals surface area (Å²) in [5, 5.41) is 14.3. The molecule has 1 amide bonds. The molecule has 0 spiro atoms. The van der Waals surface area contributed by atoms with Crippen LogP contribution in [-0.2, 0) is 5.75 Å². The van der Waals surface area contributed by atoms with Crippen molar-refractivity contribution in [2.75, 3.05) is 11.4 Å². The molecule has 0 fully saturated rings. The highest BCUT2D eigenvalue weighted by atomic mass is 32.2. The van der Waals surface area contributed by atoms with Gasteiger partial charge in [-0.05, 0) is 12.5 Å². The number of benzene rings is 1. The van der Waals surface area contributed by atoms with E-state index in [9.17, 15) is 9.90 Å². The normalized spacial score (nSPS) is 11.3. The van der Waals surface area contributed by atoms with Gasteiger partial charge in [-0.15, -0.1) is 0 Å². The fourth-order valence-corrected chi connectivity index (χ4v) is 3.99. The van der Waals surface area contributed by atoms with Crippen LogP contribution in [0.25, 0.3) is 0 Å². The van der Waals surface area contributed by atoms with Gasteiger partial charge in [-0.25, -0.2) is 0 Å². The topological polar surface area (TPSA) is 43.4 Å². The van der Waals surface area contributed by atoms with Gasteiger partial charge in [-0.1, -0.05) is 43.7 Å². The number of carbonyl (C=O) groups is 1. The standard InChI is InChI=1S/C16H19NO2S/c1-2-3-11-17(16(18)19)15-10-7-12-20(15)13-14-8-5-4-6-9-14/h4-10,12H,2-3,11,13H2,1H3. The minimum atomic E-state index is -1.10. The molecule has 4 heteroatoms. The van der Waals surface area contributed by atoms with Crippen molar-refractivity contribution in [3.63, 3.8) is 0 Å². The van der Waals surface area contributed by atoms with Crippen molar-refractivity contribution in [3.8, 4) is 0 Å². The van der Waals surface area contributed by atoms with Gasteiger partial charge < -0.3 is 9.90 Å². The van der Waals surface area contributed by atoms with E-state index in [4.69, 9.17) is 0 Å². The second-order valence-electron chi connectivity index (χ2n) is 4.66. The molecular formula is C16H19NO2S. The van der Waals surface area contributed by atoms with E-state index in [2.05, 4.69) is 24.4 Å². The van der Waals surface area contributed by atoms with E-state index in [1.165, 1.54) is 10.5 Å². The van der Waals surface area contributed by atoms with Crippen LogP contribution in [0.1, 0.15) is 25.3 Å². The Morgan fingerprint density at radius 2 is 1.95 bits per heavy atom. The molecule has 0 saturated heterocycles. The van der Waals surface area contributed by atoms with Crippen molar-refractivity contribution in [2.24, 2.45) is 0 Å². The summed E-state index contributed by atoms with van der Waals surface area (Å²) in [5.74, 6) is 0.846. The number of hydrogen-bond donors (Lipinski definition) is 0. The Morgan fingerprint density at radius 1 is 1.20 bits per heavy atom. The minimum Gasteiger partial charge on any atom is -0.529 e. The number of amides is 1. The Hall–Kier alpha value is -1.81. The van der Waals surface area contributed by atoms with E-state index in [1.807, 2.05) is 30.3 Å². The van der Waals surface area contributed by atoms with Gasteiger partial charge in [0.1, 0.15) is 11.5 Å². The molecule has 2 rings (SSSR count). The third-order valence-corrected chi connectivity index (χ3v) is 5.16. The van der Waals surface area contributed by atoms with Crippen LogP contribution in [0, 0.1) is 0 Å². The van der Waals surface area contributed by atoms with E-state index in [-0.39, 0.29) is 10.5 Å². The number of anilines is 1. The lowest BCUT2D eigenvalue weighted by atomic mass is 10.2. The molecule has 1 unspecified atom stereocenters. The van der Waals surface area contributed by atoms with Crippen LogP contribution in [0.2, 0.25) is 0 Å². The summed E-state index contributed by atoms with van der Waals surface area (Å²) < 4.78 is 0. The third kappa shape index (κ3) is 3.61. The monoisotopic (exact) mass is 289 g/mol. The van der Waals surface area contributed by atoms with E-state index >= 15 is 0 Å². The quantitative estimate of drug-likeness (QED) is 0.765. The number of unbranched alkanes of at least 4 members (excludes halogenated alkanes) is 1. The summed E-state index contributed by atoms with van der Waals surface area (Å²) in [5.41, 5.74) is 1.22. The summed E-state index contributed by atoms with van der Waals surface area (Å²) in [6.07, 6.45) is 0.726. The van der Waals surface area contributed by atoms with Crippen LogP contribution >= 0.6 is 10.5 Å². The Balaban J connectivity index is 2.20. The molecule has 1 atom stereocenters. The molecule has 1 heterocycles. The first kappa shape index (κ1) is 14.6. The van der Waals surface area contributed by atoms with Crippen LogP contribution in [-0.4, -0.2) is 12.6 Å². The highest BCUT2D eigenvalue weighted by molar-refractivity contribution is 7.33.